The number of H-pyrrole nitrogens is 1. The molecule has 0 aliphatic carbocycles. The lowest BCUT2D eigenvalue weighted by Gasteiger charge is -2.07. The van der Waals surface area contributed by atoms with Crippen molar-refractivity contribution in [3.63, 3.8) is 0 Å². The number of amides is 1. The molecule has 0 radical (unpaired) electrons. The predicted octanol–water partition coefficient (Wildman–Crippen LogP) is 2.32. The van der Waals surface area contributed by atoms with Gasteiger partial charge in [0.15, 0.2) is 0 Å². The molecule has 0 atom stereocenters. The molecule has 1 aromatic rings. The molecule has 0 bridgehead atoms. The highest BCUT2D eigenvalue weighted by Crippen LogP contribution is 2.10. The number of ether oxygens (including phenoxy) is 1. The van der Waals surface area contributed by atoms with Crippen molar-refractivity contribution in [1.29, 1.82) is 0 Å². The Kier molecular flexibility index (Phi) is 5.55. The van der Waals surface area contributed by atoms with E-state index in [1.807, 2.05) is 13.8 Å². The minimum atomic E-state index is -0.0877. The number of carbonyl (C=O) groups excluding carboxylic acids is 1. The van der Waals surface area contributed by atoms with Crippen LogP contribution in [0.2, 0.25) is 0 Å². The zero-order chi connectivity index (χ0) is 12.0. The van der Waals surface area contributed by atoms with E-state index in [1.54, 1.807) is 12.3 Å². The van der Waals surface area contributed by atoms with Crippen molar-refractivity contribution in [1.82, 2.24) is 10.3 Å². The van der Waals surface area contributed by atoms with Crippen molar-refractivity contribution in [2.24, 2.45) is 0 Å². The lowest BCUT2D eigenvalue weighted by Crippen LogP contribution is -2.25. The monoisotopic (exact) mass is 288 g/mol. The Hall–Kier alpha value is -0.810. The number of aromatic amines is 1. The van der Waals surface area contributed by atoms with Gasteiger partial charge in [0.05, 0.1) is 6.10 Å². The molecule has 0 aliphatic heterocycles. The molecular formula is C11H17BrN2O2. The third kappa shape index (κ3) is 4.81. The molecule has 90 valence electrons. The summed E-state index contributed by atoms with van der Waals surface area (Å²) in [5.41, 5.74) is 0.566. The first-order valence-electron chi connectivity index (χ1n) is 5.33. The maximum atomic E-state index is 11.6. The van der Waals surface area contributed by atoms with Crippen molar-refractivity contribution in [2.75, 3.05) is 13.2 Å². The van der Waals surface area contributed by atoms with Crippen LogP contribution in [0.1, 0.15) is 30.8 Å². The van der Waals surface area contributed by atoms with Gasteiger partial charge in [-0.15, -0.1) is 0 Å². The molecule has 1 aromatic heterocycles. The Balaban J connectivity index is 2.16. The Morgan fingerprint density at radius 1 is 1.62 bits per heavy atom. The lowest BCUT2D eigenvalue weighted by atomic mass is 10.4. The Morgan fingerprint density at radius 2 is 2.38 bits per heavy atom. The normalized spacial score (nSPS) is 10.8. The lowest BCUT2D eigenvalue weighted by molar-refractivity contribution is 0.0756. The van der Waals surface area contributed by atoms with Crippen LogP contribution in [-0.4, -0.2) is 30.1 Å². The van der Waals surface area contributed by atoms with Gasteiger partial charge < -0.3 is 15.0 Å². The van der Waals surface area contributed by atoms with Gasteiger partial charge >= 0.3 is 0 Å². The molecule has 1 amide bonds. The van der Waals surface area contributed by atoms with Crippen molar-refractivity contribution in [3.05, 3.63) is 22.4 Å². The van der Waals surface area contributed by atoms with Gasteiger partial charge in [-0.1, -0.05) is 0 Å². The smallest absolute Gasteiger partial charge is 0.267 e. The van der Waals surface area contributed by atoms with Gasteiger partial charge in [0.1, 0.15) is 5.69 Å². The first-order valence-corrected chi connectivity index (χ1v) is 6.12. The summed E-state index contributed by atoms with van der Waals surface area (Å²) < 4.78 is 6.24. The van der Waals surface area contributed by atoms with Gasteiger partial charge in [0.2, 0.25) is 0 Å². The molecule has 2 N–H and O–H groups in total. The van der Waals surface area contributed by atoms with E-state index in [4.69, 9.17) is 4.74 Å². The minimum Gasteiger partial charge on any atom is -0.379 e. The molecule has 16 heavy (non-hydrogen) atoms. The second kappa shape index (κ2) is 6.70. The van der Waals surface area contributed by atoms with Crippen LogP contribution in [0.5, 0.6) is 0 Å². The first-order chi connectivity index (χ1) is 7.59. The van der Waals surface area contributed by atoms with Gasteiger partial charge in [-0.3, -0.25) is 4.79 Å². The fourth-order valence-electron chi connectivity index (χ4n) is 1.19. The van der Waals surface area contributed by atoms with Crippen LogP contribution in [-0.2, 0) is 4.74 Å². The van der Waals surface area contributed by atoms with Crippen molar-refractivity contribution in [2.45, 2.75) is 26.4 Å². The summed E-state index contributed by atoms with van der Waals surface area (Å²) in [6, 6.07) is 1.75. The molecular weight excluding hydrogens is 272 g/mol. The number of hydrogen-bond donors (Lipinski definition) is 2. The zero-order valence-electron chi connectivity index (χ0n) is 9.55. The van der Waals surface area contributed by atoms with Gasteiger partial charge in [-0.2, -0.15) is 0 Å². The summed E-state index contributed by atoms with van der Waals surface area (Å²) in [4.78, 5) is 14.4. The summed E-state index contributed by atoms with van der Waals surface area (Å²) in [7, 11) is 0. The standard InChI is InChI=1S/C11H17BrN2O2/c1-8(2)16-5-3-4-13-11(15)10-6-9(12)7-14-10/h6-8,14H,3-5H2,1-2H3,(H,13,15). The highest BCUT2D eigenvalue weighted by atomic mass is 79.9. The van der Waals surface area contributed by atoms with Crippen molar-refractivity contribution < 1.29 is 9.53 Å². The maximum absolute atomic E-state index is 11.6. The van der Waals surface area contributed by atoms with E-state index in [0.717, 1.165) is 10.9 Å². The summed E-state index contributed by atoms with van der Waals surface area (Å²) in [6.07, 6.45) is 2.80. The maximum Gasteiger partial charge on any atom is 0.267 e. The molecule has 1 heterocycles. The Labute approximate surface area is 104 Å². The topological polar surface area (TPSA) is 54.1 Å². The average Bonchev–Trinajstić information content (AvgIpc) is 2.63. The van der Waals surface area contributed by atoms with Gasteiger partial charge in [-0.05, 0) is 42.3 Å². The summed E-state index contributed by atoms with van der Waals surface area (Å²) in [5.74, 6) is -0.0877. The second-order valence-electron chi connectivity index (χ2n) is 3.76. The van der Waals surface area contributed by atoms with Gasteiger partial charge in [0, 0.05) is 23.8 Å². The number of aromatic nitrogens is 1. The van der Waals surface area contributed by atoms with Crippen LogP contribution in [0.4, 0.5) is 0 Å². The number of nitrogens with one attached hydrogen (secondary N) is 2. The van der Waals surface area contributed by atoms with E-state index < -0.39 is 0 Å². The molecule has 0 spiro atoms. The van der Waals surface area contributed by atoms with Crippen molar-refractivity contribution >= 4 is 21.8 Å². The van der Waals surface area contributed by atoms with E-state index in [-0.39, 0.29) is 12.0 Å². The van der Waals surface area contributed by atoms with Gasteiger partial charge in [0.25, 0.3) is 5.91 Å². The highest BCUT2D eigenvalue weighted by Gasteiger charge is 2.06. The fourth-order valence-corrected chi connectivity index (χ4v) is 1.53. The molecule has 0 aliphatic rings. The Bertz CT molecular complexity index is 336. The minimum absolute atomic E-state index is 0.0877. The molecule has 4 nitrogen and oxygen atoms in total. The summed E-state index contributed by atoms with van der Waals surface area (Å²) >= 11 is 3.28. The third-order valence-corrected chi connectivity index (χ3v) is 2.41. The van der Waals surface area contributed by atoms with E-state index in [0.29, 0.717) is 18.8 Å². The van der Waals surface area contributed by atoms with Gasteiger partial charge in [-0.25, -0.2) is 0 Å². The third-order valence-electron chi connectivity index (χ3n) is 1.95. The zero-order valence-corrected chi connectivity index (χ0v) is 11.1. The Morgan fingerprint density at radius 3 is 2.94 bits per heavy atom. The van der Waals surface area contributed by atoms with Crippen LogP contribution in [0, 0.1) is 0 Å². The van der Waals surface area contributed by atoms with E-state index in [1.165, 1.54) is 0 Å². The van der Waals surface area contributed by atoms with Crippen LogP contribution >= 0.6 is 15.9 Å². The van der Waals surface area contributed by atoms with Crippen LogP contribution in [0.3, 0.4) is 0 Å². The number of hydrogen-bond acceptors (Lipinski definition) is 2. The predicted molar refractivity (Wildman–Crippen MR) is 66.5 cm³/mol. The van der Waals surface area contributed by atoms with E-state index in [2.05, 4.69) is 26.2 Å². The van der Waals surface area contributed by atoms with Crippen molar-refractivity contribution in [3.8, 4) is 0 Å². The molecule has 5 heteroatoms. The van der Waals surface area contributed by atoms with Crippen LogP contribution in [0.15, 0.2) is 16.7 Å². The largest absolute Gasteiger partial charge is 0.379 e. The number of rotatable bonds is 6. The van der Waals surface area contributed by atoms with E-state index >= 15 is 0 Å². The summed E-state index contributed by atoms with van der Waals surface area (Å²) in [6.45, 7) is 5.29. The molecule has 0 saturated carbocycles. The molecule has 1 rings (SSSR count). The number of halogens is 1. The summed E-state index contributed by atoms with van der Waals surface area (Å²) in [5, 5.41) is 2.81. The quantitative estimate of drug-likeness (QED) is 0.790. The SMILES string of the molecule is CC(C)OCCCNC(=O)c1cc(Br)c[nH]1. The fraction of sp³-hybridized carbons (Fsp3) is 0.545. The van der Waals surface area contributed by atoms with E-state index in [9.17, 15) is 4.79 Å². The second-order valence-corrected chi connectivity index (χ2v) is 4.68. The highest BCUT2D eigenvalue weighted by molar-refractivity contribution is 9.10. The van der Waals surface area contributed by atoms with Crippen LogP contribution in [0.25, 0.3) is 0 Å². The number of carbonyl (C=O) groups is 1. The van der Waals surface area contributed by atoms with Crippen LogP contribution < -0.4 is 5.32 Å². The molecule has 0 saturated heterocycles. The first kappa shape index (κ1) is 13.3. The average molecular weight is 289 g/mol. The molecule has 0 unspecified atom stereocenters. The molecule has 0 aromatic carbocycles. The molecule has 0 fully saturated rings.